The molecule has 0 aliphatic carbocycles. The molecule has 138 valence electrons. The number of rotatable bonds is 4. The van der Waals surface area contributed by atoms with E-state index >= 15 is 0 Å². The molecule has 0 unspecified atom stereocenters. The Morgan fingerprint density at radius 1 is 1.07 bits per heavy atom. The first-order valence-electron chi connectivity index (χ1n) is 8.15. The molecule has 0 N–H and O–H groups in total. The molecule has 2 heterocycles. The first-order valence-corrected chi connectivity index (χ1v) is 8.53. The molecule has 2 aromatic carbocycles. The lowest BCUT2D eigenvalue weighted by molar-refractivity contribution is -0.126. The van der Waals surface area contributed by atoms with Crippen LogP contribution in [0.5, 0.6) is 11.5 Å². The van der Waals surface area contributed by atoms with Crippen molar-refractivity contribution < 1.29 is 23.9 Å². The number of benzene rings is 2. The van der Waals surface area contributed by atoms with Gasteiger partial charge in [0.15, 0.2) is 0 Å². The van der Waals surface area contributed by atoms with E-state index in [1.54, 1.807) is 42.5 Å². The lowest BCUT2D eigenvalue weighted by Gasteiger charge is -2.19. The summed E-state index contributed by atoms with van der Waals surface area (Å²) in [5, 5.41) is 4.39. The number of oxime groups is 1. The Kier molecular flexibility index (Phi) is 4.24. The Morgan fingerprint density at radius 2 is 1.85 bits per heavy atom. The van der Waals surface area contributed by atoms with Crippen molar-refractivity contribution in [1.82, 2.24) is 0 Å². The van der Waals surface area contributed by atoms with Crippen molar-refractivity contribution in [2.45, 2.75) is 6.10 Å². The van der Waals surface area contributed by atoms with Crippen molar-refractivity contribution in [1.29, 1.82) is 0 Å². The van der Waals surface area contributed by atoms with Gasteiger partial charge in [-0.05, 0) is 18.2 Å². The van der Waals surface area contributed by atoms with Gasteiger partial charge in [-0.2, -0.15) is 0 Å². The number of imide groups is 1. The number of halogens is 1. The number of hydrogen-bond acceptors (Lipinski definition) is 6. The zero-order valence-electron chi connectivity index (χ0n) is 14.5. The van der Waals surface area contributed by atoms with Crippen LogP contribution in [0.3, 0.4) is 0 Å². The zero-order valence-corrected chi connectivity index (χ0v) is 15.3. The maximum atomic E-state index is 13.2. The predicted molar refractivity (Wildman–Crippen MR) is 98.4 cm³/mol. The van der Waals surface area contributed by atoms with Gasteiger partial charge in [-0.15, -0.1) is 0 Å². The van der Waals surface area contributed by atoms with Gasteiger partial charge in [0.1, 0.15) is 23.1 Å². The predicted octanol–water partition coefficient (Wildman–Crippen LogP) is 2.65. The summed E-state index contributed by atoms with van der Waals surface area (Å²) in [7, 11) is 2.96. The smallest absolute Gasteiger partial charge is 0.279 e. The largest absolute Gasteiger partial charge is 0.497 e. The standard InChI is InChI=1S/C19H15ClN2O5/c1-25-10-7-8-14(26-2)13(9-10)22-18(23)15-16(21-27-17(15)19(22)24)11-5-3-4-6-12(11)20/h3-9,15,17H,1-2H3/t15-,17-/m0/s1. The number of hydrogen-bond donors (Lipinski definition) is 0. The molecule has 8 heteroatoms. The number of amides is 2. The van der Waals surface area contributed by atoms with Gasteiger partial charge >= 0.3 is 0 Å². The highest BCUT2D eigenvalue weighted by Crippen LogP contribution is 2.40. The van der Waals surface area contributed by atoms with E-state index in [0.29, 0.717) is 33.5 Å². The molecule has 0 saturated carbocycles. The van der Waals surface area contributed by atoms with Gasteiger partial charge in [0.2, 0.25) is 12.0 Å². The van der Waals surface area contributed by atoms with Gasteiger partial charge in [-0.3, -0.25) is 9.59 Å². The molecule has 1 saturated heterocycles. The van der Waals surface area contributed by atoms with Crippen molar-refractivity contribution in [2.75, 3.05) is 19.1 Å². The quantitative estimate of drug-likeness (QED) is 0.755. The minimum atomic E-state index is -1.03. The summed E-state index contributed by atoms with van der Waals surface area (Å²) < 4.78 is 10.5. The molecular formula is C19H15ClN2O5. The van der Waals surface area contributed by atoms with Crippen molar-refractivity contribution >= 4 is 34.8 Å². The number of carbonyl (C=O) groups excluding carboxylic acids is 2. The molecule has 4 rings (SSSR count). The van der Waals surface area contributed by atoms with E-state index in [1.807, 2.05) is 0 Å². The highest BCUT2D eigenvalue weighted by molar-refractivity contribution is 6.38. The van der Waals surface area contributed by atoms with E-state index in [0.717, 1.165) is 4.90 Å². The molecule has 2 aromatic rings. The Bertz CT molecular complexity index is 974. The SMILES string of the molecule is COc1ccc(OC)c(N2C(=O)[C@H]3C(c4ccccc4Cl)=NO[C@@H]3C2=O)c1. The van der Waals surface area contributed by atoms with Crippen LogP contribution in [-0.2, 0) is 14.4 Å². The van der Waals surface area contributed by atoms with Gasteiger partial charge in [-0.1, -0.05) is 35.0 Å². The maximum Gasteiger partial charge on any atom is 0.279 e. The molecule has 2 amide bonds. The van der Waals surface area contributed by atoms with Crippen LogP contribution in [0.1, 0.15) is 5.56 Å². The maximum absolute atomic E-state index is 13.2. The van der Waals surface area contributed by atoms with Gasteiger partial charge in [0, 0.05) is 16.7 Å². The Hall–Kier alpha value is -3.06. The van der Waals surface area contributed by atoms with Crippen LogP contribution >= 0.6 is 11.6 Å². The van der Waals surface area contributed by atoms with Crippen LogP contribution < -0.4 is 14.4 Å². The van der Waals surface area contributed by atoms with E-state index in [1.165, 1.54) is 14.2 Å². The van der Waals surface area contributed by atoms with Gasteiger partial charge in [-0.25, -0.2) is 4.90 Å². The van der Waals surface area contributed by atoms with Crippen molar-refractivity contribution in [3.8, 4) is 11.5 Å². The molecule has 1 fully saturated rings. The second-order valence-electron chi connectivity index (χ2n) is 6.01. The molecule has 27 heavy (non-hydrogen) atoms. The average molecular weight is 387 g/mol. The highest BCUT2D eigenvalue weighted by Gasteiger charge is 2.56. The molecular weight excluding hydrogens is 372 g/mol. The summed E-state index contributed by atoms with van der Waals surface area (Å²) in [6.45, 7) is 0. The van der Waals surface area contributed by atoms with Crippen LogP contribution in [0.25, 0.3) is 0 Å². The second kappa shape index (κ2) is 6.59. The molecule has 2 aliphatic rings. The fourth-order valence-electron chi connectivity index (χ4n) is 3.28. The van der Waals surface area contributed by atoms with E-state index < -0.39 is 23.8 Å². The molecule has 0 aromatic heterocycles. The van der Waals surface area contributed by atoms with Crippen LogP contribution in [0.4, 0.5) is 5.69 Å². The number of anilines is 1. The first-order chi connectivity index (χ1) is 13.1. The molecule has 2 atom stereocenters. The zero-order chi connectivity index (χ0) is 19.1. The molecule has 0 bridgehead atoms. The second-order valence-corrected chi connectivity index (χ2v) is 6.42. The summed E-state index contributed by atoms with van der Waals surface area (Å²) in [4.78, 5) is 32.4. The molecule has 2 aliphatic heterocycles. The number of fused-ring (bicyclic) bond motifs is 1. The van der Waals surface area contributed by atoms with E-state index in [-0.39, 0.29) is 0 Å². The molecule has 7 nitrogen and oxygen atoms in total. The average Bonchev–Trinajstić information content (AvgIpc) is 3.22. The van der Waals surface area contributed by atoms with Gasteiger partial charge in [0.25, 0.3) is 5.91 Å². The minimum absolute atomic E-state index is 0.295. The number of ether oxygens (including phenoxy) is 2. The third-order valence-corrected chi connectivity index (χ3v) is 4.92. The third-order valence-electron chi connectivity index (χ3n) is 4.59. The summed E-state index contributed by atoms with van der Waals surface area (Å²) in [6.07, 6.45) is -1.03. The highest BCUT2D eigenvalue weighted by atomic mass is 35.5. The van der Waals surface area contributed by atoms with E-state index in [9.17, 15) is 9.59 Å². The fourth-order valence-corrected chi connectivity index (χ4v) is 3.51. The van der Waals surface area contributed by atoms with Gasteiger partial charge < -0.3 is 14.3 Å². The van der Waals surface area contributed by atoms with Crippen molar-refractivity contribution in [2.24, 2.45) is 11.1 Å². The number of methoxy groups -OCH3 is 2. The van der Waals surface area contributed by atoms with Crippen LogP contribution in [0.2, 0.25) is 5.02 Å². The topological polar surface area (TPSA) is 77.4 Å². The Morgan fingerprint density at radius 3 is 2.56 bits per heavy atom. The van der Waals surface area contributed by atoms with Crippen molar-refractivity contribution in [3.63, 3.8) is 0 Å². The van der Waals surface area contributed by atoms with Crippen LogP contribution in [0, 0.1) is 5.92 Å². The number of nitrogens with zero attached hydrogens (tertiary/aromatic N) is 2. The number of carbonyl (C=O) groups is 2. The lowest BCUT2D eigenvalue weighted by Crippen LogP contribution is -2.33. The van der Waals surface area contributed by atoms with E-state index in [2.05, 4.69) is 5.16 Å². The Balaban J connectivity index is 1.76. The molecule has 0 spiro atoms. The van der Waals surface area contributed by atoms with Crippen LogP contribution in [-0.4, -0.2) is 37.8 Å². The van der Waals surface area contributed by atoms with Crippen LogP contribution in [0.15, 0.2) is 47.6 Å². The third kappa shape index (κ3) is 2.62. The summed E-state index contributed by atoms with van der Waals surface area (Å²) in [6, 6.07) is 11.9. The summed E-state index contributed by atoms with van der Waals surface area (Å²) >= 11 is 6.24. The summed E-state index contributed by atoms with van der Waals surface area (Å²) in [5.41, 5.74) is 1.20. The van der Waals surface area contributed by atoms with Crippen molar-refractivity contribution in [3.05, 3.63) is 53.1 Å². The fraction of sp³-hybridized carbons (Fsp3) is 0.211. The Labute approximate surface area is 160 Å². The lowest BCUT2D eigenvalue weighted by atomic mass is 9.94. The minimum Gasteiger partial charge on any atom is -0.497 e. The molecule has 0 radical (unpaired) electrons. The van der Waals surface area contributed by atoms with E-state index in [4.69, 9.17) is 25.9 Å². The normalized spacial score (nSPS) is 21.0. The monoisotopic (exact) mass is 386 g/mol. The van der Waals surface area contributed by atoms with Gasteiger partial charge in [0.05, 0.1) is 19.9 Å². The summed E-state index contributed by atoms with van der Waals surface area (Å²) in [5.74, 6) is -0.971. The first kappa shape index (κ1) is 17.4.